The predicted molar refractivity (Wildman–Crippen MR) is 78.4 cm³/mol. The Labute approximate surface area is 125 Å². The van der Waals surface area contributed by atoms with Crippen molar-refractivity contribution in [2.75, 3.05) is 6.61 Å². The minimum absolute atomic E-state index is 0.0507. The van der Waals surface area contributed by atoms with Crippen LogP contribution in [-0.2, 0) is 13.6 Å². The molecule has 1 saturated carbocycles. The minimum Gasteiger partial charge on any atom is -0.396 e. The van der Waals surface area contributed by atoms with Crippen molar-refractivity contribution in [3.63, 3.8) is 0 Å². The van der Waals surface area contributed by atoms with Crippen molar-refractivity contribution in [1.29, 1.82) is 0 Å². The van der Waals surface area contributed by atoms with Crippen LogP contribution in [0.4, 0.5) is 4.79 Å². The maximum atomic E-state index is 12.0. The van der Waals surface area contributed by atoms with E-state index in [-0.39, 0.29) is 18.7 Å². The van der Waals surface area contributed by atoms with Gasteiger partial charge in [-0.3, -0.25) is 4.68 Å². The molecule has 1 atom stereocenters. The number of aryl methyl sites for hydroxylation is 1. The van der Waals surface area contributed by atoms with Crippen molar-refractivity contribution in [2.45, 2.75) is 51.1 Å². The van der Waals surface area contributed by atoms with Crippen molar-refractivity contribution in [2.24, 2.45) is 13.0 Å². The van der Waals surface area contributed by atoms with Crippen LogP contribution in [0.1, 0.15) is 44.3 Å². The first-order valence-electron chi connectivity index (χ1n) is 7.69. The normalized spacial score (nSPS) is 17.4. The lowest BCUT2D eigenvalue weighted by molar-refractivity contribution is 0.196. The van der Waals surface area contributed by atoms with Crippen molar-refractivity contribution >= 4 is 6.03 Å². The molecule has 1 heterocycles. The van der Waals surface area contributed by atoms with E-state index in [9.17, 15) is 9.90 Å². The Morgan fingerprint density at radius 2 is 2.24 bits per heavy atom. The topological polar surface area (TPSA) is 92.1 Å². The van der Waals surface area contributed by atoms with Gasteiger partial charge in [0, 0.05) is 19.7 Å². The van der Waals surface area contributed by atoms with Gasteiger partial charge in [-0.15, -0.1) is 0 Å². The summed E-state index contributed by atoms with van der Waals surface area (Å²) < 4.78 is 1.63. The molecule has 0 radical (unpaired) electrons. The Morgan fingerprint density at radius 1 is 1.48 bits per heavy atom. The summed E-state index contributed by atoms with van der Waals surface area (Å²) in [5, 5.41) is 19.0. The molecule has 0 saturated heterocycles. The van der Waals surface area contributed by atoms with Crippen LogP contribution in [0.2, 0.25) is 0 Å². The highest BCUT2D eigenvalue weighted by atomic mass is 16.3. The second-order valence-electron chi connectivity index (χ2n) is 5.64. The quantitative estimate of drug-likeness (QED) is 0.728. The zero-order valence-electron chi connectivity index (χ0n) is 12.6. The van der Waals surface area contributed by atoms with Crippen LogP contribution in [0.5, 0.6) is 0 Å². The van der Waals surface area contributed by atoms with Gasteiger partial charge in [-0.25, -0.2) is 9.78 Å². The number of amides is 2. The standard InChI is InChI=1S/C14H25N5O2/c1-19-13(16-10-17-19)9-15-14(21)18-12(7-8-20)11-5-3-2-4-6-11/h10-12,20H,2-9H2,1H3,(H2,15,18,21). The molecule has 1 fully saturated rings. The van der Waals surface area contributed by atoms with Gasteiger partial charge in [-0.05, 0) is 25.2 Å². The molecule has 3 N–H and O–H groups in total. The summed E-state index contributed by atoms with van der Waals surface area (Å²) in [5.41, 5.74) is 0. The molecule has 0 aromatic carbocycles. The third-order valence-corrected chi connectivity index (χ3v) is 4.19. The largest absolute Gasteiger partial charge is 0.396 e. The third kappa shape index (κ3) is 4.70. The van der Waals surface area contributed by atoms with Crippen LogP contribution in [0.3, 0.4) is 0 Å². The van der Waals surface area contributed by atoms with Crippen molar-refractivity contribution in [3.8, 4) is 0 Å². The predicted octanol–water partition coefficient (Wildman–Crippen LogP) is 0.946. The van der Waals surface area contributed by atoms with Crippen LogP contribution in [0.25, 0.3) is 0 Å². The van der Waals surface area contributed by atoms with Crippen LogP contribution >= 0.6 is 0 Å². The summed E-state index contributed by atoms with van der Waals surface area (Å²) in [6.07, 6.45) is 8.06. The summed E-state index contributed by atoms with van der Waals surface area (Å²) in [6.45, 7) is 0.448. The fourth-order valence-electron chi connectivity index (χ4n) is 2.96. The van der Waals surface area contributed by atoms with Crippen LogP contribution < -0.4 is 10.6 Å². The molecule has 1 aliphatic rings. The summed E-state index contributed by atoms with van der Waals surface area (Å²) in [5.74, 6) is 1.19. The Bertz CT molecular complexity index is 442. The number of carbonyl (C=O) groups excluding carboxylic acids is 1. The molecule has 2 rings (SSSR count). The molecule has 118 valence electrons. The second-order valence-corrected chi connectivity index (χ2v) is 5.64. The Balaban J connectivity index is 1.81. The number of hydrogen-bond donors (Lipinski definition) is 3. The smallest absolute Gasteiger partial charge is 0.315 e. The van der Waals surface area contributed by atoms with E-state index in [4.69, 9.17) is 0 Å². The number of aliphatic hydroxyl groups excluding tert-OH is 1. The molecule has 0 aliphatic heterocycles. The van der Waals surface area contributed by atoms with Gasteiger partial charge in [0.15, 0.2) is 0 Å². The number of aliphatic hydroxyl groups is 1. The van der Waals surface area contributed by atoms with Crippen molar-refractivity contribution in [3.05, 3.63) is 12.2 Å². The van der Waals surface area contributed by atoms with E-state index in [1.807, 2.05) is 0 Å². The molecule has 7 heteroatoms. The molecule has 1 aliphatic carbocycles. The fraction of sp³-hybridized carbons (Fsp3) is 0.786. The van der Waals surface area contributed by atoms with Gasteiger partial charge < -0.3 is 15.7 Å². The first kappa shape index (κ1) is 15.8. The van der Waals surface area contributed by atoms with Crippen LogP contribution in [-0.4, -0.2) is 38.6 Å². The number of carbonyl (C=O) groups is 1. The summed E-state index contributed by atoms with van der Waals surface area (Å²) in [4.78, 5) is 16.1. The fourth-order valence-corrected chi connectivity index (χ4v) is 2.96. The highest BCUT2D eigenvalue weighted by Gasteiger charge is 2.24. The molecule has 1 aromatic heterocycles. The van der Waals surface area contributed by atoms with E-state index in [2.05, 4.69) is 20.7 Å². The zero-order valence-corrected chi connectivity index (χ0v) is 12.6. The summed E-state index contributed by atoms with van der Waals surface area (Å²) in [6, 6.07) is -0.156. The molecular formula is C14H25N5O2. The second kappa shape index (κ2) is 7.97. The Morgan fingerprint density at radius 3 is 2.86 bits per heavy atom. The number of aromatic nitrogens is 3. The molecule has 2 amide bonds. The third-order valence-electron chi connectivity index (χ3n) is 4.19. The van der Waals surface area contributed by atoms with Gasteiger partial charge in [0.2, 0.25) is 0 Å². The lowest BCUT2D eigenvalue weighted by atomic mass is 9.83. The van der Waals surface area contributed by atoms with E-state index >= 15 is 0 Å². The first-order valence-corrected chi connectivity index (χ1v) is 7.69. The number of urea groups is 1. The molecule has 21 heavy (non-hydrogen) atoms. The van der Waals surface area contributed by atoms with E-state index in [1.54, 1.807) is 11.7 Å². The van der Waals surface area contributed by atoms with E-state index in [0.29, 0.717) is 24.7 Å². The van der Waals surface area contributed by atoms with Gasteiger partial charge in [0.05, 0.1) is 6.54 Å². The van der Waals surface area contributed by atoms with Crippen LogP contribution in [0.15, 0.2) is 6.33 Å². The molecule has 0 spiro atoms. The molecule has 1 aromatic rings. The SMILES string of the molecule is Cn1ncnc1CNC(=O)NC(CCO)C1CCCCC1. The minimum atomic E-state index is -0.206. The number of nitrogens with zero attached hydrogens (tertiary/aromatic N) is 3. The maximum Gasteiger partial charge on any atom is 0.315 e. The van der Waals surface area contributed by atoms with E-state index in [0.717, 1.165) is 12.8 Å². The Hall–Kier alpha value is -1.63. The van der Waals surface area contributed by atoms with Gasteiger partial charge in [-0.1, -0.05) is 19.3 Å². The average Bonchev–Trinajstić information content (AvgIpc) is 2.91. The van der Waals surface area contributed by atoms with Crippen molar-refractivity contribution < 1.29 is 9.90 Å². The maximum absolute atomic E-state index is 12.0. The first-order chi connectivity index (χ1) is 10.2. The van der Waals surface area contributed by atoms with E-state index < -0.39 is 0 Å². The average molecular weight is 295 g/mol. The highest BCUT2D eigenvalue weighted by molar-refractivity contribution is 5.74. The zero-order chi connectivity index (χ0) is 15.1. The van der Waals surface area contributed by atoms with Crippen molar-refractivity contribution in [1.82, 2.24) is 25.4 Å². The molecule has 1 unspecified atom stereocenters. The highest BCUT2D eigenvalue weighted by Crippen LogP contribution is 2.27. The van der Waals surface area contributed by atoms with Gasteiger partial charge >= 0.3 is 6.03 Å². The van der Waals surface area contributed by atoms with Gasteiger partial charge in [0.25, 0.3) is 0 Å². The number of nitrogens with one attached hydrogen (secondary N) is 2. The number of hydrogen-bond acceptors (Lipinski definition) is 4. The summed E-state index contributed by atoms with van der Waals surface area (Å²) in [7, 11) is 1.79. The summed E-state index contributed by atoms with van der Waals surface area (Å²) >= 11 is 0. The molecule has 7 nitrogen and oxygen atoms in total. The number of rotatable bonds is 6. The monoisotopic (exact) mass is 295 g/mol. The lowest BCUT2D eigenvalue weighted by Gasteiger charge is -2.30. The van der Waals surface area contributed by atoms with Gasteiger partial charge in [0.1, 0.15) is 12.2 Å². The molecular weight excluding hydrogens is 270 g/mol. The van der Waals surface area contributed by atoms with Gasteiger partial charge in [-0.2, -0.15) is 5.10 Å². The van der Waals surface area contributed by atoms with Crippen LogP contribution in [0, 0.1) is 5.92 Å². The van der Waals surface area contributed by atoms with E-state index in [1.165, 1.54) is 25.6 Å². The lowest BCUT2D eigenvalue weighted by Crippen LogP contribution is -2.46. The molecule has 0 bridgehead atoms. The Kier molecular flexibility index (Phi) is 5.98.